The van der Waals surface area contributed by atoms with Gasteiger partial charge in [0.05, 0.1) is 0 Å². The first-order valence-corrected chi connectivity index (χ1v) is 8.68. The van der Waals surface area contributed by atoms with Gasteiger partial charge in [-0.3, -0.25) is 9.13 Å². The summed E-state index contributed by atoms with van der Waals surface area (Å²) in [6.07, 6.45) is -0.633. The van der Waals surface area contributed by atoms with Crippen molar-refractivity contribution >= 4 is 15.2 Å². The Morgan fingerprint density at radius 2 is 1.56 bits per heavy atom. The smallest absolute Gasteiger partial charge is 0.368 e. The van der Waals surface area contributed by atoms with Gasteiger partial charge in [-0.15, -0.1) is 0 Å². The van der Waals surface area contributed by atoms with Crippen molar-refractivity contribution in [1.82, 2.24) is 5.32 Å². The molecule has 10 heteroatoms. The van der Waals surface area contributed by atoms with E-state index < -0.39 is 26.7 Å². The van der Waals surface area contributed by atoms with E-state index in [0.29, 0.717) is 19.0 Å². The van der Waals surface area contributed by atoms with Crippen molar-refractivity contribution in [3.8, 4) is 0 Å². The summed E-state index contributed by atoms with van der Waals surface area (Å²) in [4.78, 5) is 35.5. The Kier molecular flexibility index (Phi) is 6.67. The summed E-state index contributed by atoms with van der Waals surface area (Å²) in [6, 6.07) is 0. The maximum atomic E-state index is 11.0. The van der Waals surface area contributed by atoms with E-state index in [1.54, 1.807) is 0 Å². The molecular weight excluding hydrogens is 284 g/mol. The highest BCUT2D eigenvalue weighted by molar-refractivity contribution is 7.72. The molecule has 0 unspecified atom stereocenters. The summed E-state index contributed by atoms with van der Waals surface area (Å²) in [5.41, 5.74) is 0. The first-order valence-electron chi connectivity index (χ1n) is 5.46. The molecule has 0 aliphatic heterocycles. The van der Waals surface area contributed by atoms with Crippen LogP contribution in [0.3, 0.4) is 0 Å². The van der Waals surface area contributed by atoms with Crippen LogP contribution in [0.15, 0.2) is 0 Å². The maximum absolute atomic E-state index is 11.0. The fourth-order valence-corrected chi connectivity index (χ4v) is 3.56. The maximum Gasteiger partial charge on any atom is 0.369 e. The van der Waals surface area contributed by atoms with Crippen LogP contribution in [0.2, 0.25) is 0 Å². The predicted octanol–water partition coefficient (Wildman–Crippen LogP) is 0.0137. The highest BCUT2D eigenvalue weighted by Gasteiger charge is 2.58. The van der Waals surface area contributed by atoms with Gasteiger partial charge in [0.2, 0.25) is 0 Å². The molecule has 110 valence electrons. The normalized spacial score (nSPS) is 14.2. The molecule has 0 aliphatic carbocycles. The molecule has 0 radical (unpaired) electrons. The zero-order valence-corrected chi connectivity index (χ0v) is 12.1. The average molecular weight is 305 g/mol. The third kappa shape index (κ3) is 5.07. The van der Waals surface area contributed by atoms with E-state index in [2.05, 4.69) is 5.32 Å². The molecule has 0 amide bonds. The summed E-state index contributed by atoms with van der Waals surface area (Å²) >= 11 is 0. The SMILES string of the molecule is CC(C)CNCCCC(O)(P(=O)(O)O)P(=O)(O)O. The zero-order chi connectivity index (χ0) is 14.6. The van der Waals surface area contributed by atoms with E-state index in [1.165, 1.54) is 0 Å². The van der Waals surface area contributed by atoms with Crippen molar-refractivity contribution < 1.29 is 33.8 Å². The Morgan fingerprint density at radius 1 is 1.11 bits per heavy atom. The number of hydrogen-bond acceptors (Lipinski definition) is 4. The molecule has 0 atom stereocenters. The molecule has 0 bridgehead atoms. The van der Waals surface area contributed by atoms with Crippen molar-refractivity contribution in [3.05, 3.63) is 0 Å². The Balaban J connectivity index is 4.49. The van der Waals surface area contributed by atoms with Gasteiger partial charge in [0.1, 0.15) is 0 Å². The van der Waals surface area contributed by atoms with Crippen molar-refractivity contribution in [2.24, 2.45) is 5.92 Å². The van der Waals surface area contributed by atoms with E-state index in [0.717, 1.165) is 0 Å². The fraction of sp³-hybridized carbons (Fsp3) is 1.00. The van der Waals surface area contributed by atoms with Crippen molar-refractivity contribution in [2.45, 2.75) is 31.8 Å². The fourth-order valence-electron chi connectivity index (χ4n) is 1.30. The summed E-state index contributed by atoms with van der Waals surface area (Å²) in [5.74, 6) is 0.382. The molecule has 0 spiro atoms. The lowest BCUT2D eigenvalue weighted by molar-refractivity contribution is 0.121. The van der Waals surface area contributed by atoms with E-state index in [9.17, 15) is 14.2 Å². The molecule has 0 saturated heterocycles. The number of rotatable bonds is 8. The molecule has 0 saturated carbocycles. The van der Waals surface area contributed by atoms with Gasteiger partial charge >= 0.3 is 15.2 Å². The van der Waals surface area contributed by atoms with Crippen molar-refractivity contribution in [2.75, 3.05) is 13.1 Å². The van der Waals surface area contributed by atoms with Crippen LogP contribution < -0.4 is 5.32 Å². The number of nitrogens with one attached hydrogen (secondary N) is 1. The first kappa shape index (κ1) is 18.2. The molecule has 0 fully saturated rings. The van der Waals surface area contributed by atoms with Crippen LogP contribution in [0, 0.1) is 5.92 Å². The van der Waals surface area contributed by atoms with Gasteiger partial charge < -0.3 is 30.0 Å². The quantitative estimate of drug-likeness (QED) is 0.271. The molecule has 0 aromatic rings. The van der Waals surface area contributed by atoms with Crippen LogP contribution >= 0.6 is 15.2 Å². The second kappa shape index (κ2) is 6.59. The molecule has 0 heterocycles. The monoisotopic (exact) mass is 305 g/mol. The minimum Gasteiger partial charge on any atom is -0.368 e. The van der Waals surface area contributed by atoms with Crippen LogP contribution in [0.25, 0.3) is 0 Å². The summed E-state index contributed by atoms with van der Waals surface area (Å²) in [6.45, 7) is 4.91. The molecule has 6 N–H and O–H groups in total. The van der Waals surface area contributed by atoms with Gasteiger partial charge in [-0.05, 0) is 25.4 Å². The van der Waals surface area contributed by atoms with E-state index in [-0.39, 0.29) is 6.42 Å². The first-order chi connectivity index (χ1) is 7.92. The Bertz CT molecular complexity index is 325. The van der Waals surface area contributed by atoms with Crippen LogP contribution in [0.5, 0.6) is 0 Å². The average Bonchev–Trinajstić information content (AvgIpc) is 2.12. The Hall–Kier alpha value is 0.220. The lowest BCUT2D eigenvalue weighted by Gasteiger charge is -2.29. The summed E-state index contributed by atoms with van der Waals surface area (Å²) < 4.78 is 22.0. The van der Waals surface area contributed by atoms with Gasteiger partial charge in [-0.25, -0.2) is 0 Å². The second-order valence-electron chi connectivity index (χ2n) is 4.56. The molecule has 8 nitrogen and oxygen atoms in total. The number of aliphatic hydroxyl groups is 1. The third-order valence-electron chi connectivity index (χ3n) is 2.35. The Labute approximate surface area is 106 Å². The topological polar surface area (TPSA) is 147 Å². The van der Waals surface area contributed by atoms with Crippen LogP contribution in [0.1, 0.15) is 26.7 Å². The van der Waals surface area contributed by atoms with E-state index in [4.69, 9.17) is 19.6 Å². The number of hydrogen-bond donors (Lipinski definition) is 6. The second-order valence-corrected chi connectivity index (χ2v) is 8.57. The van der Waals surface area contributed by atoms with Crippen LogP contribution in [-0.4, -0.2) is 42.9 Å². The van der Waals surface area contributed by atoms with Crippen LogP contribution in [-0.2, 0) is 9.13 Å². The predicted molar refractivity (Wildman–Crippen MR) is 66.0 cm³/mol. The van der Waals surface area contributed by atoms with Crippen LogP contribution in [0.4, 0.5) is 0 Å². The molecule has 0 aliphatic rings. The lowest BCUT2D eigenvalue weighted by atomic mass is 10.2. The summed E-state index contributed by atoms with van der Waals surface area (Å²) in [7, 11) is -10.6. The minimum atomic E-state index is -5.31. The van der Waals surface area contributed by atoms with Crippen molar-refractivity contribution in [1.29, 1.82) is 0 Å². The van der Waals surface area contributed by atoms with Gasteiger partial charge in [0.15, 0.2) is 0 Å². The minimum absolute atomic E-state index is 0.0411. The molecule has 18 heavy (non-hydrogen) atoms. The zero-order valence-electron chi connectivity index (χ0n) is 10.4. The molecule has 0 aromatic carbocycles. The van der Waals surface area contributed by atoms with Gasteiger partial charge in [-0.2, -0.15) is 0 Å². The largest absolute Gasteiger partial charge is 0.369 e. The molecular formula is C8H21NO7P2. The van der Waals surface area contributed by atoms with E-state index in [1.807, 2.05) is 13.8 Å². The standard InChI is InChI=1S/C8H21NO7P2/c1-7(2)6-9-5-3-4-8(10,17(11,12)13)18(14,15)16/h7,9-10H,3-6H2,1-2H3,(H2,11,12,13)(H2,14,15,16). The highest BCUT2D eigenvalue weighted by Crippen LogP contribution is 2.69. The van der Waals surface area contributed by atoms with Crippen molar-refractivity contribution in [3.63, 3.8) is 0 Å². The highest BCUT2D eigenvalue weighted by atomic mass is 31.2. The van der Waals surface area contributed by atoms with Gasteiger partial charge in [0.25, 0.3) is 5.08 Å². The van der Waals surface area contributed by atoms with Gasteiger partial charge in [-0.1, -0.05) is 13.8 Å². The third-order valence-corrected chi connectivity index (χ3v) is 6.23. The Morgan fingerprint density at radius 3 is 1.89 bits per heavy atom. The molecule has 0 aromatic heterocycles. The van der Waals surface area contributed by atoms with Gasteiger partial charge in [0, 0.05) is 6.42 Å². The lowest BCUT2D eigenvalue weighted by Crippen LogP contribution is -2.30. The molecule has 0 rings (SSSR count). The van der Waals surface area contributed by atoms with E-state index >= 15 is 0 Å². The summed E-state index contributed by atoms with van der Waals surface area (Å²) in [5, 5.41) is 9.19.